The van der Waals surface area contributed by atoms with Gasteiger partial charge in [0.2, 0.25) is 0 Å². The Hall–Kier alpha value is -6.10. The average molecular weight is 647 g/mol. The Balaban J connectivity index is 1.07. The van der Waals surface area contributed by atoms with Crippen molar-refractivity contribution in [1.29, 1.82) is 0 Å². The van der Waals surface area contributed by atoms with E-state index in [0.717, 1.165) is 39.4 Å². The molecule has 1 aliphatic heterocycles. The number of para-hydroxylation sites is 2. The van der Waals surface area contributed by atoms with E-state index in [-0.39, 0.29) is 6.23 Å². The maximum Gasteiger partial charge on any atom is 0.198 e. The molecule has 10 rings (SSSR count). The molecule has 1 N–H and O–H groups in total. The van der Waals surface area contributed by atoms with Gasteiger partial charge in [0.1, 0.15) is 0 Å². The molecule has 4 heteroatoms. The van der Waals surface area contributed by atoms with Crippen LogP contribution in [0.3, 0.4) is 0 Å². The van der Waals surface area contributed by atoms with Crippen LogP contribution >= 0.6 is 11.3 Å². The molecule has 0 aliphatic carbocycles. The Labute approximate surface area is 288 Å². The number of ether oxygens (including phenoxy) is 1. The third-order valence-electron chi connectivity index (χ3n) is 9.70. The second-order valence-corrected chi connectivity index (χ2v) is 13.6. The minimum atomic E-state index is -0.356. The number of hydrogen-bond acceptors (Lipinski definition) is 4. The molecular formula is C45H30N2OS. The summed E-state index contributed by atoms with van der Waals surface area (Å²) in [6.07, 6.45) is -0.356. The Morgan fingerprint density at radius 3 is 2.10 bits per heavy atom. The van der Waals surface area contributed by atoms with Crippen LogP contribution in [0.1, 0.15) is 11.8 Å². The van der Waals surface area contributed by atoms with Gasteiger partial charge >= 0.3 is 0 Å². The van der Waals surface area contributed by atoms with Crippen LogP contribution in [0.25, 0.3) is 52.8 Å². The molecule has 1 atom stereocenters. The molecule has 2 heterocycles. The predicted molar refractivity (Wildman–Crippen MR) is 208 cm³/mol. The lowest BCUT2D eigenvalue weighted by Gasteiger charge is -2.29. The first-order chi connectivity index (χ1) is 24.3. The van der Waals surface area contributed by atoms with E-state index in [9.17, 15) is 0 Å². The van der Waals surface area contributed by atoms with E-state index in [0.29, 0.717) is 0 Å². The lowest BCUT2D eigenvalue weighted by molar-refractivity contribution is 0.263. The second-order valence-electron chi connectivity index (χ2n) is 12.5. The topological polar surface area (TPSA) is 24.5 Å². The Kier molecular flexibility index (Phi) is 6.42. The Morgan fingerprint density at radius 1 is 0.510 bits per heavy atom. The summed E-state index contributed by atoms with van der Waals surface area (Å²) < 4.78 is 9.52. The first-order valence-corrected chi connectivity index (χ1v) is 17.4. The van der Waals surface area contributed by atoms with Gasteiger partial charge in [0.05, 0.1) is 11.4 Å². The Morgan fingerprint density at radius 2 is 1.20 bits per heavy atom. The predicted octanol–water partition coefficient (Wildman–Crippen LogP) is 13.0. The van der Waals surface area contributed by atoms with Crippen LogP contribution in [0.5, 0.6) is 5.75 Å². The number of thiophene rings is 1. The number of anilines is 4. The molecule has 0 amide bonds. The van der Waals surface area contributed by atoms with Crippen LogP contribution in [-0.2, 0) is 0 Å². The monoisotopic (exact) mass is 646 g/mol. The zero-order valence-electron chi connectivity index (χ0n) is 26.5. The van der Waals surface area contributed by atoms with Gasteiger partial charge in [-0.2, -0.15) is 0 Å². The largest absolute Gasteiger partial charge is 0.464 e. The summed E-state index contributed by atoms with van der Waals surface area (Å²) in [6.45, 7) is 0. The number of rotatable bonds is 5. The Bertz CT molecular complexity index is 2680. The van der Waals surface area contributed by atoms with Gasteiger partial charge in [-0.05, 0) is 75.8 Å². The SMILES string of the molecule is c1ccc(N(c2ccc(-c3cccc4sc5ccccc5c34)cc2)c2ccccc2C2Nc3ccc4ccc5ccccc5c4c3O2)cc1. The molecule has 1 unspecified atom stereocenters. The van der Waals surface area contributed by atoms with E-state index in [1.54, 1.807) is 0 Å². The van der Waals surface area contributed by atoms with Crippen LogP contribution in [0.2, 0.25) is 0 Å². The second kappa shape index (κ2) is 11.3. The maximum atomic E-state index is 6.89. The van der Waals surface area contributed by atoms with Crippen molar-refractivity contribution in [1.82, 2.24) is 0 Å². The van der Waals surface area contributed by atoms with E-state index in [2.05, 4.69) is 180 Å². The quantitative estimate of drug-likeness (QED) is 0.188. The molecular weight excluding hydrogens is 617 g/mol. The van der Waals surface area contributed by atoms with Crippen LogP contribution in [0, 0.1) is 0 Å². The molecule has 0 bridgehead atoms. The first-order valence-electron chi connectivity index (χ1n) is 16.6. The molecule has 0 fully saturated rings. The highest BCUT2D eigenvalue weighted by atomic mass is 32.1. The minimum absolute atomic E-state index is 0.356. The third-order valence-corrected chi connectivity index (χ3v) is 10.8. The van der Waals surface area contributed by atoms with Crippen molar-refractivity contribution in [3.8, 4) is 16.9 Å². The average Bonchev–Trinajstić information content (AvgIpc) is 3.78. The van der Waals surface area contributed by atoms with Crippen LogP contribution in [0.15, 0.2) is 170 Å². The molecule has 0 saturated carbocycles. The van der Waals surface area contributed by atoms with Gasteiger partial charge in [-0.15, -0.1) is 11.3 Å². The van der Waals surface area contributed by atoms with Crippen molar-refractivity contribution in [2.24, 2.45) is 0 Å². The summed E-state index contributed by atoms with van der Waals surface area (Å²) in [6, 6.07) is 60.7. The zero-order chi connectivity index (χ0) is 32.3. The normalized spacial score (nSPS) is 13.8. The van der Waals surface area contributed by atoms with Crippen molar-refractivity contribution in [2.75, 3.05) is 10.2 Å². The number of fused-ring (bicyclic) bond motifs is 8. The summed E-state index contributed by atoms with van der Waals surface area (Å²) in [5, 5.41) is 11.1. The third kappa shape index (κ3) is 4.56. The summed E-state index contributed by atoms with van der Waals surface area (Å²) in [5.74, 6) is 0.903. The number of hydrogen-bond donors (Lipinski definition) is 1. The van der Waals surface area contributed by atoms with E-state index >= 15 is 0 Å². The summed E-state index contributed by atoms with van der Waals surface area (Å²) in [7, 11) is 0. The molecule has 8 aromatic carbocycles. The van der Waals surface area contributed by atoms with E-state index in [1.807, 2.05) is 11.3 Å². The van der Waals surface area contributed by atoms with Crippen molar-refractivity contribution in [2.45, 2.75) is 6.23 Å². The fraction of sp³-hybridized carbons (Fsp3) is 0.0222. The van der Waals surface area contributed by atoms with Gasteiger partial charge < -0.3 is 15.0 Å². The molecule has 3 nitrogen and oxygen atoms in total. The summed E-state index contributed by atoms with van der Waals surface area (Å²) >= 11 is 1.86. The molecule has 49 heavy (non-hydrogen) atoms. The summed E-state index contributed by atoms with van der Waals surface area (Å²) in [4.78, 5) is 2.33. The van der Waals surface area contributed by atoms with Crippen molar-refractivity contribution >= 4 is 75.8 Å². The zero-order valence-corrected chi connectivity index (χ0v) is 27.3. The van der Waals surface area contributed by atoms with Crippen LogP contribution in [-0.4, -0.2) is 0 Å². The molecule has 0 saturated heterocycles. The lowest BCUT2D eigenvalue weighted by atomic mass is 9.99. The van der Waals surface area contributed by atoms with Crippen LogP contribution in [0.4, 0.5) is 22.7 Å². The first kappa shape index (κ1) is 28.0. The van der Waals surface area contributed by atoms with Gasteiger partial charge in [0, 0.05) is 42.5 Å². The van der Waals surface area contributed by atoms with Gasteiger partial charge in [0.25, 0.3) is 0 Å². The number of nitrogens with zero attached hydrogens (tertiary/aromatic N) is 1. The van der Waals surface area contributed by atoms with Crippen molar-refractivity contribution in [3.05, 3.63) is 175 Å². The van der Waals surface area contributed by atoms with E-state index < -0.39 is 0 Å². The highest BCUT2D eigenvalue weighted by Crippen LogP contribution is 2.48. The number of benzene rings is 8. The van der Waals surface area contributed by atoms with Gasteiger partial charge in [-0.3, -0.25) is 0 Å². The van der Waals surface area contributed by atoms with Gasteiger partial charge in [-0.25, -0.2) is 0 Å². The lowest BCUT2D eigenvalue weighted by Crippen LogP contribution is -2.17. The molecule has 9 aromatic rings. The van der Waals surface area contributed by atoms with Gasteiger partial charge in [0.15, 0.2) is 12.0 Å². The minimum Gasteiger partial charge on any atom is -0.464 e. The van der Waals surface area contributed by atoms with Crippen molar-refractivity contribution in [3.63, 3.8) is 0 Å². The molecule has 0 radical (unpaired) electrons. The number of nitrogens with one attached hydrogen (secondary N) is 1. The standard InChI is InChI=1S/C45H30N2OS/c1-2-12-32(13-3-1)47(33-26-23-30(24-27-33)35-17-10-20-41-43(35)37-16-7-9-19-40(37)49-41)39-18-8-6-15-36(39)45-46-38-28-25-31-22-21-29-11-4-5-14-34(29)42(31)44(38)48-45/h1-28,45-46H. The molecule has 0 spiro atoms. The fourth-order valence-corrected chi connectivity index (χ4v) is 8.58. The molecule has 232 valence electrons. The fourth-order valence-electron chi connectivity index (χ4n) is 7.45. The van der Waals surface area contributed by atoms with Crippen LogP contribution < -0.4 is 15.0 Å². The molecule has 1 aliphatic rings. The highest BCUT2D eigenvalue weighted by Gasteiger charge is 2.30. The van der Waals surface area contributed by atoms with Gasteiger partial charge in [-0.1, -0.05) is 121 Å². The molecule has 1 aromatic heterocycles. The maximum absolute atomic E-state index is 6.89. The van der Waals surface area contributed by atoms with Crippen molar-refractivity contribution < 1.29 is 4.74 Å². The smallest absolute Gasteiger partial charge is 0.198 e. The van der Waals surface area contributed by atoms with E-state index in [4.69, 9.17) is 4.74 Å². The van der Waals surface area contributed by atoms with E-state index in [1.165, 1.54) is 47.5 Å². The summed E-state index contributed by atoms with van der Waals surface area (Å²) in [5.41, 5.74) is 7.76. The highest BCUT2D eigenvalue weighted by molar-refractivity contribution is 7.25.